The highest BCUT2D eigenvalue weighted by atomic mass is 19.1. The summed E-state index contributed by atoms with van der Waals surface area (Å²) in [5.74, 6) is -2.48. The highest BCUT2D eigenvalue weighted by Gasteiger charge is 2.10. The SMILES string of the molecule is NCc1ccc(OC(=O)CCCC(=O)O)c(F)c1. The Morgan fingerprint density at radius 2 is 2.06 bits per heavy atom. The van der Waals surface area contributed by atoms with Crippen molar-refractivity contribution in [3.8, 4) is 5.75 Å². The molecule has 0 aliphatic carbocycles. The summed E-state index contributed by atoms with van der Waals surface area (Å²) in [6.45, 7) is 0.198. The minimum absolute atomic E-state index is 0.0651. The maximum Gasteiger partial charge on any atom is 0.311 e. The van der Waals surface area contributed by atoms with Crippen molar-refractivity contribution < 1.29 is 23.8 Å². The van der Waals surface area contributed by atoms with E-state index in [0.29, 0.717) is 5.56 Å². The molecule has 1 rings (SSSR count). The zero-order valence-electron chi connectivity index (χ0n) is 9.69. The van der Waals surface area contributed by atoms with Gasteiger partial charge in [0, 0.05) is 19.4 Å². The van der Waals surface area contributed by atoms with Gasteiger partial charge in [-0.25, -0.2) is 4.39 Å². The molecule has 6 heteroatoms. The van der Waals surface area contributed by atoms with Crippen LogP contribution in [0.25, 0.3) is 0 Å². The van der Waals surface area contributed by atoms with E-state index in [1.807, 2.05) is 0 Å². The van der Waals surface area contributed by atoms with Crippen LogP contribution < -0.4 is 10.5 Å². The quantitative estimate of drug-likeness (QED) is 0.593. The number of benzene rings is 1. The molecule has 98 valence electrons. The van der Waals surface area contributed by atoms with Crippen LogP contribution in [-0.2, 0) is 16.1 Å². The van der Waals surface area contributed by atoms with E-state index in [9.17, 15) is 14.0 Å². The molecule has 0 atom stereocenters. The average Bonchev–Trinajstić information content (AvgIpc) is 2.31. The molecule has 1 aromatic carbocycles. The molecule has 1 aromatic rings. The van der Waals surface area contributed by atoms with Gasteiger partial charge in [0.25, 0.3) is 0 Å². The summed E-state index contributed by atoms with van der Waals surface area (Å²) >= 11 is 0. The predicted octanol–water partition coefficient (Wildman–Crippen LogP) is 1.44. The predicted molar refractivity (Wildman–Crippen MR) is 61.4 cm³/mol. The molecular weight excluding hydrogens is 241 g/mol. The minimum atomic E-state index is -0.985. The molecule has 0 aliphatic rings. The van der Waals surface area contributed by atoms with Crippen LogP contribution in [0.2, 0.25) is 0 Å². The number of carboxylic acid groups (broad SMARTS) is 1. The van der Waals surface area contributed by atoms with Gasteiger partial charge in [0.05, 0.1) is 0 Å². The number of esters is 1. The zero-order chi connectivity index (χ0) is 13.5. The molecule has 3 N–H and O–H groups in total. The Morgan fingerprint density at radius 1 is 1.33 bits per heavy atom. The molecule has 0 bridgehead atoms. The fourth-order valence-electron chi connectivity index (χ4n) is 1.31. The van der Waals surface area contributed by atoms with Gasteiger partial charge in [0.2, 0.25) is 0 Å². The normalized spacial score (nSPS) is 10.1. The second kappa shape index (κ2) is 6.70. The van der Waals surface area contributed by atoms with Gasteiger partial charge in [0.1, 0.15) is 0 Å². The van der Waals surface area contributed by atoms with Crippen LogP contribution in [0.15, 0.2) is 18.2 Å². The lowest BCUT2D eigenvalue weighted by Gasteiger charge is -2.06. The largest absolute Gasteiger partial charge is 0.481 e. The molecule has 0 saturated heterocycles. The summed E-state index contributed by atoms with van der Waals surface area (Å²) in [6, 6.07) is 4.08. The van der Waals surface area contributed by atoms with Crippen molar-refractivity contribution in [1.82, 2.24) is 0 Å². The Kier molecular flexibility index (Phi) is 5.26. The molecule has 0 radical (unpaired) electrons. The second-order valence-electron chi connectivity index (χ2n) is 3.69. The highest BCUT2D eigenvalue weighted by Crippen LogP contribution is 2.19. The maximum absolute atomic E-state index is 13.4. The van der Waals surface area contributed by atoms with Crippen LogP contribution >= 0.6 is 0 Å². The van der Waals surface area contributed by atoms with E-state index < -0.39 is 17.8 Å². The molecule has 0 amide bonds. The molecule has 0 saturated carbocycles. The maximum atomic E-state index is 13.4. The molecule has 0 heterocycles. The Morgan fingerprint density at radius 3 is 2.61 bits per heavy atom. The molecule has 0 aromatic heterocycles. The van der Waals surface area contributed by atoms with E-state index in [-0.39, 0.29) is 31.6 Å². The average molecular weight is 255 g/mol. The molecule has 5 nitrogen and oxygen atoms in total. The lowest BCUT2D eigenvalue weighted by Crippen LogP contribution is -2.10. The van der Waals surface area contributed by atoms with Crippen LogP contribution in [0.5, 0.6) is 5.75 Å². The van der Waals surface area contributed by atoms with Gasteiger partial charge in [0.15, 0.2) is 11.6 Å². The summed E-state index contributed by atoms with van der Waals surface area (Å²) in [6.07, 6.45) is -0.0231. The first-order valence-electron chi connectivity index (χ1n) is 5.44. The van der Waals surface area contributed by atoms with Crippen molar-refractivity contribution in [2.45, 2.75) is 25.8 Å². The third-order valence-corrected chi connectivity index (χ3v) is 2.23. The van der Waals surface area contributed by atoms with E-state index in [0.717, 1.165) is 0 Å². The Bertz CT molecular complexity index is 448. The number of carboxylic acids is 1. The molecule has 0 unspecified atom stereocenters. The molecular formula is C12H14FNO4. The Balaban J connectivity index is 2.51. The minimum Gasteiger partial charge on any atom is -0.481 e. The van der Waals surface area contributed by atoms with Crippen molar-refractivity contribution in [2.75, 3.05) is 0 Å². The fourth-order valence-corrected chi connectivity index (χ4v) is 1.31. The number of hydrogen-bond acceptors (Lipinski definition) is 4. The summed E-state index contributed by atoms with van der Waals surface area (Å²) in [4.78, 5) is 21.5. The first-order chi connectivity index (χ1) is 8.52. The van der Waals surface area contributed by atoms with Gasteiger partial charge in [-0.05, 0) is 24.1 Å². The van der Waals surface area contributed by atoms with Gasteiger partial charge in [-0.3, -0.25) is 9.59 Å². The van der Waals surface area contributed by atoms with Gasteiger partial charge in [-0.15, -0.1) is 0 Å². The van der Waals surface area contributed by atoms with Crippen LogP contribution in [0, 0.1) is 5.82 Å². The standard InChI is InChI=1S/C12H14FNO4/c13-9-6-8(7-14)4-5-10(9)18-12(17)3-1-2-11(15)16/h4-6H,1-3,7,14H2,(H,15,16). The van der Waals surface area contributed by atoms with Crippen molar-refractivity contribution in [1.29, 1.82) is 0 Å². The molecule has 0 fully saturated rings. The van der Waals surface area contributed by atoms with Crippen molar-refractivity contribution in [3.63, 3.8) is 0 Å². The van der Waals surface area contributed by atoms with Gasteiger partial charge in [-0.1, -0.05) is 6.07 Å². The van der Waals surface area contributed by atoms with E-state index in [1.165, 1.54) is 12.1 Å². The lowest BCUT2D eigenvalue weighted by molar-refractivity contribution is -0.137. The zero-order valence-corrected chi connectivity index (χ0v) is 9.69. The van der Waals surface area contributed by atoms with Crippen LogP contribution in [-0.4, -0.2) is 17.0 Å². The Labute approximate surface area is 103 Å². The van der Waals surface area contributed by atoms with E-state index in [2.05, 4.69) is 0 Å². The smallest absolute Gasteiger partial charge is 0.311 e. The van der Waals surface area contributed by atoms with E-state index >= 15 is 0 Å². The summed E-state index contributed by atoms with van der Waals surface area (Å²) in [5, 5.41) is 8.39. The topological polar surface area (TPSA) is 89.6 Å². The third kappa shape index (κ3) is 4.50. The first-order valence-corrected chi connectivity index (χ1v) is 5.44. The summed E-state index contributed by atoms with van der Waals surface area (Å²) in [7, 11) is 0. The van der Waals surface area contributed by atoms with Crippen LogP contribution in [0.3, 0.4) is 0 Å². The molecule has 0 aliphatic heterocycles. The van der Waals surface area contributed by atoms with Crippen LogP contribution in [0.1, 0.15) is 24.8 Å². The van der Waals surface area contributed by atoms with Gasteiger partial charge in [-0.2, -0.15) is 0 Å². The number of halogens is 1. The summed E-state index contributed by atoms with van der Waals surface area (Å²) < 4.78 is 18.2. The Hall–Kier alpha value is -1.95. The van der Waals surface area contributed by atoms with E-state index in [4.69, 9.17) is 15.6 Å². The fraction of sp³-hybridized carbons (Fsp3) is 0.333. The number of ether oxygens (including phenoxy) is 1. The van der Waals surface area contributed by atoms with Gasteiger partial charge >= 0.3 is 11.9 Å². The number of rotatable bonds is 6. The first kappa shape index (κ1) is 14.1. The number of hydrogen-bond donors (Lipinski definition) is 2. The van der Waals surface area contributed by atoms with Crippen molar-refractivity contribution >= 4 is 11.9 Å². The lowest BCUT2D eigenvalue weighted by atomic mass is 10.2. The van der Waals surface area contributed by atoms with Crippen molar-refractivity contribution in [2.24, 2.45) is 5.73 Å². The third-order valence-electron chi connectivity index (χ3n) is 2.23. The van der Waals surface area contributed by atoms with Crippen molar-refractivity contribution in [3.05, 3.63) is 29.6 Å². The number of carbonyl (C=O) groups excluding carboxylic acids is 1. The molecule has 18 heavy (non-hydrogen) atoms. The highest BCUT2D eigenvalue weighted by molar-refractivity contribution is 5.73. The number of nitrogens with two attached hydrogens (primary N) is 1. The number of carbonyl (C=O) groups is 2. The number of aliphatic carboxylic acids is 1. The summed E-state index contributed by atoms with van der Waals surface area (Å²) in [5.41, 5.74) is 5.93. The molecule has 0 spiro atoms. The monoisotopic (exact) mass is 255 g/mol. The van der Waals surface area contributed by atoms with Gasteiger partial charge < -0.3 is 15.6 Å². The van der Waals surface area contributed by atoms with Crippen LogP contribution in [0.4, 0.5) is 4.39 Å². The van der Waals surface area contributed by atoms with E-state index in [1.54, 1.807) is 6.07 Å². The second-order valence-corrected chi connectivity index (χ2v) is 3.69.